The maximum Gasteiger partial charge on any atom is 0.338 e. The van der Waals surface area contributed by atoms with Crippen LogP contribution in [0.5, 0.6) is 0 Å². The fourth-order valence-corrected chi connectivity index (χ4v) is 2.62. The van der Waals surface area contributed by atoms with Gasteiger partial charge in [0.05, 0.1) is 12.2 Å². The summed E-state index contributed by atoms with van der Waals surface area (Å²) in [6.07, 6.45) is 0. The summed E-state index contributed by atoms with van der Waals surface area (Å²) in [5, 5.41) is 0. The third kappa shape index (κ3) is 5.33. The van der Waals surface area contributed by atoms with E-state index in [0.29, 0.717) is 24.4 Å². The summed E-state index contributed by atoms with van der Waals surface area (Å²) in [4.78, 5) is 14.4. The molecular formula is C21H28N2O2. The fraction of sp³-hybridized carbons (Fsp3) is 0.381. The molecule has 0 atom stereocenters. The lowest BCUT2D eigenvalue weighted by atomic mass is 10.0. The Morgan fingerprint density at radius 1 is 1.08 bits per heavy atom. The first-order chi connectivity index (χ1) is 11.8. The van der Waals surface area contributed by atoms with Crippen molar-refractivity contribution in [2.24, 2.45) is 0 Å². The molecule has 0 aliphatic carbocycles. The van der Waals surface area contributed by atoms with Gasteiger partial charge in [-0.1, -0.05) is 30.3 Å². The first kappa shape index (κ1) is 19.0. The molecule has 0 aliphatic heterocycles. The maximum absolute atomic E-state index is 12.0. The number of nitrogens with zero attached hydrogens (tertiary/aromatic N) is 1. The summed E-state index contributed by atoms with van der Waals surface area (Å²) in [6, 6.07) is 15.7. The van der Waals surface area contributed by atoms with Crippen LogP contribution in [0.15, 0.2) is 48.5 Å². The number of rotatable bonds is 6. The van der Waals surface area contributed by atoms with E-state index in [0.717, 1.165) is 12.1 Å². The van der Waals surface area contributed by atoms with Crippen LogP contribution in [0.1, 0.15) is 49.2 Å². The average Bonchev–Trinajstić information content (AvgIpc) is 2.56. The summed E-state index contributed by atoms with van der Waals surface area (Å²) in [5.74, 6) is -0.311. The van der Waals surface area contributed by atoms with Crippen LogP contribution in [0.4, 0.5) is 5.69 Å². The highest BCUT2D eigenvalue weighted by molar-refractivity contribution is 5.90. The molecule has 0 unspecified atom stereocenters. The molecule has 0 radical (unpaired) electrons. The lowest BCUT2D eigenvalue weighted by Crippen LogP contribution is -2.40. The lowest BCUT2D eigenvalue weighted by Gasteiger charge is -2.36. The number of hydrogen-bond acceptors (Lipinski definition) is 4. The summed E-state index contributed by atoms with van der Waals surface area (Å²) in [5.41, 5.74) is 9.55. The SMILES string of the molecule is CCOC(=O)c1ccc(N)c(CN(Cc2ccccc2)C(C)(C)C)c1. The topological polar surface area (TPSA) is 55.6 Å². The van der Waals surface area contributed by atoms with E-state index in [-0.39, 0.29) is 11.5 Å². The van der Waals surface area contributed by atoms with E-state index in [1.165, 1.54) is 5.56 Å². The molecule has 0 amide bonds. The number of carbonyl (C=O) groups excluding carboxylic acids is 1. The van der Waals surface area contributed by atoms with Crippen LogP contribution in [0.2, 0.25) is 0 Å². The zero-order chi connectivity index (χ0) is 18.4. The molecule has 25 heavy (non-hydrogen) atoms. The Morgan fingerprint density at radius 2 is 1.76 bits per heavy atom. The Hall–Kier alpha value is -2.33. The molecule has 0 spiro atoms. The molecule has 0 saturated heterocycles. The predicted octanol–water partition coefficient (Wildman–Crippen LogP) is 4.25. The zero-order valence-electron chi connectivity index (χ0n) is 15.6. The van der Waals surface area contributed by atoms with Gasteiger partial charge in [0, 0.05) is 24.3 Å². The molecule has 0 bridgehead atoms. The number of nitrogen functional groups attached to an aromatic ring is 1. The van der Waals surface area contributed by atoms with Crippen LogP contribution >= 0.6 is 0 Å². The van der Waals surface area contributed by atoms with Crippen molar-refractivity contribution >= 4 is 11.7 Å². The number of nitrogens with two attached hydrogens (primary N) is 1. The van der Waals surface area contributed by atoms with Gasteiger partial charge in [-0.3, -0.25) is 4.90 Å². The Kier molecular flexibility index (Phi) is 6.21. The summed E-state index contributed by atoms with van der Waals surface area (Å²) in [6.45, 7) is 10.2. The van der Waals surface area contributed by atoms with Gasteiger partial charge in [-0.15, -0.1) is 0 Å². The molecule has 4 nitrogen and oxygen atoms in total. The Labute approximate surface area is 150 Å². The summed E-state index contributed by atoms with van der Waals surface area (Å²) >= 11 is 0. The standard InChI is InChI=1S/C21H28N2O2/c1-5-25-20(24)17-11-12-19(22)18(13-17)15-23(21(2,3)4)14-16-9-7-6-8-10-16/h6-13H,5,14-15,22H2,1-4H3. The van der Waals surface area contributed by atoms with Crippen LogP contribution < -0.4 is 5.73 Å². The third-order valence-electron chi connectivity index (χ3n) is 4.18. The smallest absolute Gasteiger partial charge is 0.338 e. The Morgan fingerprint density at radius 3 is 2.36 bits per heavy atom. The second kappa shape index (κ2) is 8.17. The monoisotopic (exact) mass is 340 g/mol. The largest absolute Gasteiger partial charge is 0.462 e. The molecule has 2 aromatic carbocycles. The fourth-order valence-electron chi connectivity index (χ4n) is 2.62. The minimum absolute atomic E-state index is 0.0395. The number of esters is 1. The van der Waals surface area contributed by atoms with Crippen molar-refractivity contribution in [1.82, 2.24) is 4.90 Å². The van der Waals surface area contributed by atoms with E-state index in [2.05, 4.69) is 37.8 Å². The van der Waals surface area contributed by atoms with Gasteiger partial charge in [-0.05, 0) is 57.0 Å². The van der Waals surface area contributed by atoms with Crippen LogP contribution in [-0.2, 0) is 17.8 Å². The van der Waals surface area contributed by atoms with Gasteiger partial charge in [0.1, 0.15) is 0 Å². The molecule has 0 heterocycles. The lowest BCUT2D eigenvalue weighted by molar-refractivity contribution is 0.0526. The van der Waals surface area contributed by atoms with Crippen molar-refractivity contribution in [2.45, 2.75) is 46.3 Å². The number of carbonyl (C=O) groups is 1. The molecule has 0 aliphatic rings. The zero-order valence-corrected chi connectivity index (χ0v) is 15.6. The molecule has 4 heteroatoms. The van der Waals surface area contributed by atoms with Crippen LogP contribution in [0.25, 0.3) is 0 Å². The van der Waals surface area contributed by atoms with E-state index >= 15 is 0 Å². The molecule has 0 saturated carbocycles. The van der Waals surface area contributed by atoms with Crippen LogP contribution in [-0.4, -0.2) is 23.0 Å². The summed E-state index contributed by atoms with van der Waals surface area (Å²) in [7, 11) is 0. The molecule has 0 aromatic heterocycles. The van der Waals surface area contributed by atoms with Crippen LogP contribution in [0, 0.1) is 0 Å². The second-order valence-electron chi connectivity index (χ2n) is 7.15. The van der Waals surface area contributed by atoms with Gasteiger partial charge in [0.15, 0.2) is 0 Å². The number of hydrogen-bond donors (Lipinski definition) is 1. The van der Waals surface area contributed by atoms with Gasteiger partial charge in [0.2, 0.25) is 0 Å². The van der Waals surface area contributed by atoms with E-state index < -0.39 is 0 Å². The second-order valence-corrected chi connectivity index (χ2v) is 7.15. The third-order valence-corrected chi connectivity index (χ3v) is 4.18. The van der Waals surface area contributed by atoms with Gasteiger partial charge in [-0.25, -0.2) is 4.79 Å². The predicted molar refractivity (Wildman–Crippen MR) is 102 cm³/mol. The van der Waals surface area contributed by atoms with Crippen molar-refractivity contribution in [1.29, 1.82) is 0 Å². The molecule has 2 N–H and O–H groups in total. The molecule has 134 valence electrons. The van der Waals surface area contributed by atoms with E-state index in [9.17, 15) is 4.79 Å². The maximum atomic E-state index is 12.0. The van der Waals surface area contributed by atoms with Gasteiger partial charge < -0.3 is 10.5 Å². The molecule has 2 rings (SSSR count). The van der Waals surface area contributed by atoms with Gasteiger partial charge >= 0.3 is 5.97 Å². The van der Waals surface area contributed by atoms with E-state index in [4.69, 9.17) is 10.5 Å². The van der Waals surface area contributed by atoms with Crippen molar-refractivity contribution in [3.8, 4) is 0 Å². The van der Waals surface area contributed by atoms with Gasteiger partial charge in [0.25, 0.3) is 0 Å². The van der Waals surface area contributed by atoms with E-state index in [1.54, 1.807) is 19.1 Å². The number of benzene rings is 2. The highest BCUT2D eigenvalue weighted by atomic mass is 16.5. The van der Waals surface area contributed by atoms with Crippen molar-refractivity contribution in [2.75, 3.05) is 12.3 Å². The van der Waals surface area contributed by atoms with Crippen molar-refractivity contribution < 1.29 is 9.53 Å². The highest BCUT2D eigenvalue weighted by Gasteiger charge is 2.23. The Bertz CT molecular complexity index is 706. The number of ether oxygens (including phenoxy) is 1. The van der Waals surface area contributed by atoms with Crippen molar-refractivity contribution in [3.63, 3.8) is 0 Å². The quantitative estimate of drug-likeness (QED) is 0.631. The summed E-state index contributed by atoms with van der Waals surface area (Å²) < 4.78 is 5.10. The van der Waals surface area contributed by atoms with Crippen molar-refractivity contribution in [3.05, 3.63) is 65.2 Å². The van der Waals surface area contributed by atoms with E-state index in [1.807, 2.05) is 24.3 Å². The minimum Gasteiger partial charge on any atom is -0.462 e. The first-order valence-electron chi connectivity index (χ1n) is 8.65. The first-order valence-corrected chi connectivity index (χ1v) is 8.65. The average molecular weight is 340 g/mol. The molecule has 0 fully saturated rings. The van der Waals surface area contributed by atoms with Crippen LogP contribution in [0.3, 0.4) is 0 Å². The molecular weight excluding hydrogens is 312 g/mol. The highest BCUT2D eigenvalue weighted by Crippen LogP contribution is 2.24. The van der Waals surface area contributed by atoms with Gasteiger partial charge in [-0.2, -0.15) is 0 Å². The number of anilines is 1. The minimum atomic E-state index is -0.311. The Balaban J connectivity index is 2.26. The molecule has 2 aromatic rings. The normalized spacial score (nSPS) is 11.6.